The first kappa shape index (κ1) is 16.5. The van der Waals surface area contributed by atoms with Crippen molar-refractivity contribution in [3.8, 4) is 0 Å². The fourth-order valence-corrected chi connectivity index (χ4v) is 3.20. The number of halogens is 1. The molecule has 0 saturated carbocycles. The van der Waals surface area contributed by atoms with Crippen molar-refractivity contribution >= 4 is 33.0 Å². The minimum atomic E-state index is -0.186. The highest BCUT2D eigenvalue weighted by Gasteiger charge is 2.11. The molecular formula is C18H19BrN4O. The van der Waals surface area contributed by atoms with Crippen LogP contribution in [0.25, 0.3) is 11.0 Å². The van der Waals surface area contributed by atoms with Crippen molar-refractivity contribution in [1.29, 1.82) is 0 Å². The lowest BCUT2D eigenvalue weighted by Gasteiger charge is -2.16. The van der Waals surface area contributed by atoms with Gasteiger partial charge >= 0.3 is 6.03 Å². The second-order valence-electron chi connectivity index (χ2n) is 5.59. The fourth-order valence-electron chi connectivity index (χ4n) is 2.57. The number of amides is 2. The third-order valence-electron chi connectivity index (χ3n) is 3.81. The van der Waals surface area contributed by atoms with Gasteiger partial charge in [0.15, 0.2) is 0 Å². The lowest BCUT2D eigenvalue weighted by molar-refractivity contribution is 0.238. The first-order chi connectivity index (χ1) is 11.6. The molecule has 1 heterocycles. The van der Waals surface area contributed by atoms with Gasteiger partial charge in [0.05, 0.1) is 17.1 Å². The summed E-state index contributed by atoms with van der Waals surface area (Å²) in [5.74, 6) is 0.871. The minimum absolute atomic E-state index is 0.0771. The molecule has 0 bridgehead atoms. The van der Waals surface area contributed by atoms with Crippen molar-refractivity contribution in [2.24, 2.45) is 0 Å². The first-order valence-electron chi connectivity index (χ1n) is 7.86. The van der Waals surface area contributed by atoms with Crippen LogP contribution in [0.15, 0.2) is 53.0 Å². The summed E-state index contributed by atoms with van der Waals surface area (Å²) in [5.41, 5.74) is 3.00. The number of carbonyl (C=O) groups is 1. The Morgan fingerprint density at radius 3 is 2.75 bits per heavy atom. The Morgan fingerprint density at radius 1 is 1.21 bits per heavy atom. The molecule has 24 heavy (non-hydrogen) atoms. The molecule has 0 radical (unpaired) electrons. The van der Waals surface area contributed by atoms with Gasteiger partial charge in [-0.15, -0.1) is 0 Å². The summed E-state index contributed by atoms with van der Waals surface area (Å²) in [7, 11) is 0. The Balaban J connectivity index is 1.49. The van der Waals surface area contributed by atoms with Crippen LogP contribution in [0.5, 0.6) is 0 Å². The molecule has 3 rings (SSSR count). The SMILES string of the molecule is CC(NC(=O)NCCc1nc2ccccc2[nH]1)c1ccccc1Br. The Kier molecular flexibility index (Phi) is 5.15. The largest absolute Gasteiger partial charge is 0.342 e. The van der Waals surface area contributed by atoms with Crippen LogP contribution in [-0.4, -0.2) is 22.5 Å². The zero-order chi connectivity index (χ0) is 16.9. The molecule has 3 N–H and O–H groups in total. The first-order valence-corrected chi connectivity index (χ1v) is 8.65. The average molecular weight is 387 g/mol. The van der Waals surface area contributed by atoms with Crippen LogP contribution in [0, 0.1) is 0 Å². The lowest BCUT2D eigenvalue weighted by atomic mass is 10.1. The predicted octanol–water partition coefficient (Wildman–Crippen LogP) is 3.93. The Morgan fingerprint density at radius 2 is 1.96 bits per heavy atom. The van der Waals surface area contributed by atoms with E-state index in [4.69, 9.17) is 0 Å². The van der Waals surface area contributed by atoms with E-state index in [1.807, 2.05) is 55.5 Å². The second kappa shape index (κ2) is 7.49. The number of hydrogen-bond acceptors (Lipinski definition) is 2. The van der Waals surface area contributed by atoms with E-state index in [0.717, 1.165) is 26.9 Å². The highest BCUT2D eigenvalue weighted by Crippen LogP contribution is 2.22. The third-order valence-corrected chi connectivity index (χ3v) is 4.53. The molecule has 2 amide bonds. The zero-order valence-corrected chi connectivity index (χ0v) is 14.9. The van der Waals surface area contributed by atoms with E-state index in [0.29, 0.717) is 13.0 Å². The number of urea groups is 1. The second-order valence-corrected chi connectivity index (χ2v) is 6.45. The van der Waals surface area contributed by atoms with Crippen LogP contribution >= 0.6 is 15.9 Å². The van der Waals surface area contributed by atoms with Crippen molar-refractivity contribution in [3.05, 3.63) is 64.4 Å². The molecule has 1 unspecified atom stereocenters. The number of imidazole rings is 1. The number of nitrogens with zero attached hydrogens (tertiary/aromatic N) is 1. The summed E-state index contributed by atoms with van der Waals surface area (Å²) < 4.78 is 0.986. The van der Waals surface area contributed by atoms with Crippen LogP contribution in [0.3, 0.4) is 0 Å². The van der Waals surface area contributed by atoms with Crippen LogP contribution in [0.2, 0.25) is 0 Å². The molecule has 0 fully saturated rings. The highest BCUT2D eigenvalue weighted by molar-refractivity contribution is 9.10. The Labute approximate surface area is 149 Å². The number of nitrogens with one attached hydrogen (secondary N) is 3. The monoisotopic (exact) mass is 386 g/mol. The molecule has 0 aliphatic heterocycles. The Bertz CT molecular complexity index is 813. The zero-order valence-electron chi connectivity index (χ0n) is 13.3. The molecule has 2 aromatic carbocycles. The number of aromatic amines is 1. The van der Waals surface area contributed by atoms with Gasteiger partial charge in [-0.1, -0.05) is 46.3 Å². The molecule has 1 atom stereocenters. The van der Waals surface area contributed by atoms with Gasteiger partial charge in [0.25, 0.3) is 0 Å². The van der Waals surface area contributed by atoms with Gasteiger partial charge in [0.2, 0.25) is 0 Å². The van der Waals surface area contributed by atoms with Crippen molar-refractivity contribution < 1.29 is 4.79 Å². The third kappa shape index (κ3) is 3.94. The summed E-state index contributed by atoms with van der Waals surface area (Å²) >= 11 is 3.50. The quantitative estimate of drug-likeness (QED) is 0.621. The topological polar surface area (TPSA) is 69.8 Å². The van der Waals surface area contributed by atoms with E-state index >= 15 is 0 Å². The molecule has 6 heteroatoms. The predicted molar refractivity (Wildman–Crippen MR) is 98.9 cm³/mol. The minimum Gasteiger partial charge on any atom is -0.342 e. The summed E-state index contributed by atoms with van der Waals surface area (Å²) in [6.45, 7) is 2.48. The number of benzene rings is 2. The normalized spacial score (nSPS) is 12.1. The van der Waals surface area contributed by atoms with Gasteiger partial charge in [0.1, 0.15) is 5.82 Å². The van der Waals surface area contributed by atoms with Crippen molar-refractivity contribution in [1.82, 2.24) is 20.6 Å². The summed E-state index contributed by atoms with van der Waals surface area (Å²) in [5, 5.41) is 5.81. The van der Waals surface area contributed by atoms with Gasteiger partial charge < -0.3 is 15.6 Å². The van der Waals surface area contributed by atoms with Gasteiger partial charge in [-0.25, -0.2) is 9.78 Å². The molecule has 0 saturated heterocycles. The van der Waals surface area contributed by atoms with Crippen LogP contribution in [0.1, 0.15) is 24.4 Å². The fraction of sp³-hybridized carbons (Fsp3) is 0.222. The van der Waals surface area contributed by atoms with Crippen molar-refractivity contribution in [2.75, 3.05) is 6.54 Å². The molecule has 3 aromatic rings. The number of fused-ring (bicyclic) bond motifs is 1. The Hall–Kier alpha value is -2.34. The lowest BCUT2D eigenvalue weighted by Crippen LogP contribution is -2.38. The van der Waals surface area contributed by atoms with E-state index in [1.165, 1.54) is 0 Å². The average Bonchev–Trinajstić information content (AvgIpc) is 2.97. The molecule has 0 spiro atoms. The number of aromatic nitrogens is 2. The van der Waals surface area contributed by atoms with Gasteiger partial charge in [-0.3, -0.25) is 0 Å². The highest BCUT2D eigenvalue weighted by atomic mass is 79.9. The molecule has 5 nitrogen and oxygen atoms in total. The summed E-state index contributed by atoms with van der Waals surface area (Å²) in [4.78, 5) is 19.8. The van der Waals surface area contributed by atoms with Crippen molar-refractivity contribution in [3.63, 3.8) is 0 Å². The van der Waals surface area contributed by atoms with Crippen molar-refractivity contribution in [2.45, 2.75) is 19.4 Å². The number of H-pyrrole nitrogens is 1. The van der Waals surface area contributed by atoms with E-state index in [-0.39, 0.29) is 12.1 Å². The number of carbonyl (C=O) groups excluding carboxylic acids is 1. The van der Waals surface area contributed by atoms with Crippen LogP contribution in [-0.2, 0) is 6.42 Å². The summed E-state index contributed by atoms with van der Waals surface area (Å²) in [6.07, 6.45) is 0.658. The van der Waals surface area contributed by atoms with E-state index in [2.05, 4.69) is 36.5 Å². The van der Waals surface area contributed by atoms with Gasteiger partial charge in [-0.2, -0.15) is 0 Å². The smallest absolute Gasteiger partial charge is 0.315 e. The van der Waals surface area contributed by atoms with E-state index in [9.17, 15) is 4.79 Å². The van der Waals surface area contributed by atoms with Crippen LogP contribution in [0.4, 0.5) is 4.79 Å². The van der Waals surface area contributed by atoms with Crippen LogP contribution < -0.4 is 10.6 Å². The number of para-hydroxylation sites is 2. The maximum atomic E-state index is 12.0. The maximum absolute atomic E-state index is 12.0. The van der Waals surface area contributed by atoms with E-state index in [1.54, 1.807) is 0 Å². The van der Waals surface area contributed by atoms with E-state index < -0.39 is 0 Å². The van der Waals surface area contributed by atoms with Gasteiger partial charge in [-0.05, 0) is 30.7 Å². The molecule has 0 aliphatic carbocycles. The molecule has 0 aliphatic rings. The molecule has 124 valence electrons. The number of rotatable bonds is 5. The molecule has 1 aromatic heterocycles. The maximum Gasteiger partial charge on any atom is 0.315 e. The van der Waals surface area contributed by atoms with Gasteiger partial charge in [0, 0.05) is 17.4 Å². The standard InChI is InChI=1S/C18H19BrN4O/c1-12(13-6-2-3-7-14(13)19)21-18(24)20-11-10-17-22-15-8-4-5-9-16(15)23-17/h2-9,12H,10-11H2,1H3,(H,22,23)(H2,20,21,24). The molecular weight excluding hydrogens is 368 g/mol. The number of hydrogen-bond donors (Lipinski definition) is 3. The summed E-state index contributed by atoms with van der Waals surface area (Å²) in [6, 6.07) is 15.5.